The van der Waals surface area contributed by atoms with E-state index in [1.54, 1.807) is 6.92 Å². The van der Waals surface area contributed by atoms with Crippen LogP contribution in [0.2, 0.25) is 45.7 Å². The number of hydrogen-bond donors (Lipinski definition) is 0. The molecule has 0 nitrogen and oxygen atoms in total. The Morgan fingerprint density at radius 3 is 0.469 bits per heavy atom. The zero-order chi connectivity index (χ0) is 25.7. The SMILES string of the molecule is [B]C([B])C(C([B])[B])C(C(C)C(C(C([B])[B])C([B])[B])C(C([B])[B])C([B])[B])C(C([B])[B])C([B])[B]. The van der Waals surface area contributed by atoms with Crippen LogP contribution < -0.4 is 0 Å². The van der Waals surface area contributed by atoms with Crippen molar-refractivity contribution < 1.29 is 0 Å². The van der Waals surface area contributed by atoms with Gasteiger partial charge in [0, 0.05) is 0 Å². The van der Waals surface area contributed by atoms with Crippen molar-refractivity contribution >= 4 is 126 Å². The maximum absolute atomic E-state index is 6.06. The molecule has 0 amide bonds. The van der Waals surface area contributed by atoms with Gasteiger partial charge in [-0.2, -0.15) is 0 Å². The van der Waals surface area contributed by atoms with Crippen LogP contribution in [0.4, 0.5) is 0 Å². The van der Waals surface area contributed by atoms with Crippen LogP contribution in [0.5, 0.6) is 0 Å². The molecule has 0 aliphatic heterocycles. The smallest absolute Gasteiger partial charge is 0.0578 e. The molecule has 0 heterocycles. The van der Waals surface area contributed by atoms with E-state index in [0.717, 1.165) is 0 Å². The van der Waals surface area contributed by atoms with E-state index < -0.39 is 87.2 Å². The molecule has 0 spiro atoms. The first-order valence-corrected chi connectivity index (χ1v) is 10.6. The molecule has 32 heavy (non-hydrogen) atoms. The summed E-state index contributed by atoms with van der Waals surface area (Å²) in [5, 5.41) is 0. The third kappa shape index (κ3) is 8.61. The van der Waals surface area contributed by atoms with Gasteiger partial charge in [0.05, 0.1) is 126 Å². The fourth-order valence-electron chi connectivity index (χ4n) is 5.25. The zero-order valence-electron chi connectivity index (χ0n) is 18.9. The van der Waals surface area contributed by atoms with Gasteiger partial charge in [-0.1, -0.05) is 30.6 Å². The second-order valence-electron chi connectivity index (χ2n) is 8.94. The summed E-state index contributed by atoms with van der Waals surface area (Å²) in [4.78, 5) is 0. The molecule has 0 unspecified atom stereocenters. The van der Waals surface area contributed by atoms with Crippen LogP contribution in [0.3, 0.4) is 0 Å². The van der Waals surface area contributed by atoms with Crippen LogP contribution in [0.25, 0.3) is 0 Å². The second kappa shape index (κ2) is 14.6. The normalized spacial score (nSPS) is 13.8. The summed E-state index contributed by atoms with van der Waals surface area (Å²) in [5.74, 6) is -4.90. The van der Waals surface area contributed by atoms with Gasteiger partial charge in [0.2, 0.25) is 0 Å². The lowest BCUT2D eigenvalue weighted by molar-refractivity contribution is 0.0677. The number of rotatable bonds is 14. The largest absolute Gasteiger partial charge is 0.108 e. The summed E-state index contributed by atoms with van der Waals surface area (Å²) in [5.41, 5.74) is -7.92. The summed E-state index contributed by atoms with van der Waals surface area (Å²) < 4.78 is 0. The van der Waals surface area contributed by atoms with Gasteiger partial charge in [-0.25, -0.2) is 0 Å². The van der Waals surface area contributed by atoms with Crippen molar-refractivity contribution in [3.05, 3.63) is 0 Å². The Balaban J connectivity index is 7.03. The third-order valence-corrected chi connectivity index (χ3v) is 6.55. The molecule has 16 heteroatoms. The lowest BCUT2D eigenvalue weighted by Crippen LogP contribution is -2.47. The molecule has 0 aliphatic carbocycles. The van der Waals surface area contributed by atoms with Crippen LogP contribution >= 0.6 is 0 Å². The Morgan fingerprint density at radius 2 is 0.375 bits per heavy atom. The van der Waals surface area contributed by atoms with Crippen molar-refractivity contribution in [3.8, 4) is 0 Å². The first-order chi connectivity index (χ1) is 14.5. The Kier molecular flexibility index (Phi) is 15.0. The highest BCUT2D eigenvalue weighted by Gasteiger charge is 2.46. The molecule has 32 radical (unpaired) electrons. The predicted molar refractivity (Wildman–Crippen MR) is 152 cm³/mol. The fraction of sp³-hybridized carbons (Fsp3) is 1.00. The molecule has 0 bridgehead atoms. The van der Waals surface area contributed by atoms with Crippen molar-refractivity contribution in [1.29, 1.82) is 0 Å². The van der Waals surface area contributed by atoms with Gasteiger partial charge >= 0.3 is 0 Å². The fourth-order valence-corrected chi connectivity index (χ4v) is 5.25. The first kappa shape index (κ1) is 33.0. The van der Waals surface area contributed by atoms with Crippen molar-refractivity contribution in [2.75, 3.05) is 0 Å². The summed E-state index contributed by atoms with van der Waals surface area (Å²) in [6, 6.07) is 0. The van der Waals surface area contributed by atoms with Crippen molar-refractivity contribution in [2.45, 2.75) is 52.7 Å². The van der Waals surface area contributed by atoms with Gasteiger partial charge in [-0.15, -0.1) is 45.7 Å². The highest BCUT2D eigenvalue weighted by Crippen LogP contribution is 2.54. The zero-order valence-corrected chi connectivity index (χ0v) is 18.9. The van der Waals surface area contributed by atoms with Crippen LogP contribution in [0.1, 0.15) is 6.92 Å². The Morgan fingerprint density at radius 1 is 0.250 bits per heavy atom. The molecule has 0 saturated carbocycles. The van der Waals surface area contributed by atoms with Crippen molar-refractivity contribution in [3.63, 3.8) is 0 Å². The molecule has 0 aromatic rings. The maximum Gasteiger partial charge on any atom is 0.0578 e. The summed E-state index contributed by atoms with van der Waals surface area (Å²) >= 11 is 0. The van der Waals surface area contributed by atoms with E-state index in [-0.39, 0.29) is 0 Å². The quantitative estimate of drug-likeness (QED) is 0.304. The van der Waals surface area contributed by atoms with Gasteiger partial charge in [0.25, 0.3) is 0 Å². The molecule has 0 N–H and O–H groups in total. The van der Waals surface area contributed by atoms with Crippen LogP contribution in [-0.4, -0.2) is 126 Å². The molecule has 0 aromatic heterocycles. The van der Waals surface area contributed by atoms with E-state index in [2.05, 4.69) is 0 Å². The van der Waals surface area contributed by atoms with Crippen LogP contribution in [-0.2, 0) is 0 Å². The van der Waals surface area contributed by atoms with Crippen molar-refractivity contribution in [1.82, 2.24) is 0 Å². The lowest BCUT2D eigenvalue weighted by Gasteiger charge is -2.54. The van der Waals surface area contributed by atoms with Gasteiger partial charge in [0.15, 0.2) is 0 Å². The van der Waals surface area contributed by atoms with Gasteiger partial charge in [-0.05, 0) is 17.8 Å². The average molecular weight is 383 g/mol. The maximum atomic E-state index is 6.06. The summed E-state index contributed by atoms with van der Waals surface area (Å²) in [6.45, 7) is 1.81. The minimum atomic E-state index is -0.990. The van der Waals surface area contributed by atoms with E-state index in [4.69, 9.17) is 126 Å². The van der Waals surface area contributed by atoms with Crippen molar-refractivity contribution in [2.24, 2.45) is 41.4 Å². The van der Waals surface area contributed by atoms with Gasteiger partial charge in [-0.3, -0.25) is 0 Å². The van der Waals surface area contributed by atoms with E-state index in [1.165, 1.54) is 0 Å². The van der Waals surface area contributed by atoms with E-state index >= 15 is 0 Å². The molecular weight excluding hydrogens is 365 g/mol. The third-order valence-electron chi connectivity index (χ3n) is 6.55. The van der Waals surface area contributed by atoms with Crippen LogP contribution in [0.15, 0.2) is 0 Å². The summed E-state index contributed by atoms with van der Waals surface area (Å²) in [7, 11) is 97.0. The van der Waals surface area contributed by atoms with Crippen LogP contribution in [0, 0.1) is 41.4 Å². The Labute approximate surface area is 219 Å². The Bertz CT molecular complexity index is 394. The molecule has 0 fully saturated rings. The average Bonchev–Trinajstić information content (AvgIpc) is 2.57. The molecule has 0 aromatic carbocycles. The molecule has 0 rings (SSSR count). The van der Waals surface area contributed by atoms with E-state index in [9.17, 15) is 0 Å². The molecule has 0 aliphatic rings. The minimum absolute atomic E-state index is 0.540. The lowest BCUT2D eigenvalue weighted by atomic mass is 9.35. The monoisotopic (exact) mass is 386 g/mol. The minimum Gasteiger partial charge on any atom is -0.108 e. The topological polar surface area (TPSA) is 0 Å². The molecule has 130 valence electrons. The Hall–Kier alpha value is 1.04. The highest BCUT2D eigenvalue weighted by atomic mass is 14.5. The van der Waals surface area contributed by atoms with E-state index in [1.807, 2.05) is 0 Å². The molecule has 0 saturated heterocycles. The van der Waals surface area contributed by atoms with Gasteiger partial charge < -0.3 is 0 Å². The number of hydrogen-bond acceptors (Lipinski definition) is 0. The van der Waals surface area contributed by atoms with E-state index in [0.29, 0.717) is 0 Å². The highest BCUT2D eigenvalue weighted by molar-refractivity contribution is 6.42. The van der Waals surface area contributed by atoms with Gasteiger partial charge in [0.1, 0.15) is 0 Å². The standard InChI is InChI=1S/C16H18B16/c1-2(3(5(9(17)18)10(19)20)6(11(21)22)12(23)24)4(7(13(25)26)14(27)28)8(15(29)30)16(31)32/h2-16H,1H3. The predicted octanol–water partition coefficient (Wildman–Crippen LogP) is -2.02. The molecule has 0 atom stereocenters. The first-order valence-electron chi connectivity index (χ1n) is 10.6. The molecular formula is C16H18B16. The summed E-state index contributed by atoms with van der Waals surface area (Å²) in [6.07, 6.45) is 0. The second-order valence-corrected chi connectivity index (χ2v) is 8.94.